The fourth-order valence-electron chi connectivity index (χ4n) is 3.13. The van der Waals surface area contributed by atoms with Gasteiger partial charge in [0.25, 0.3) is 0 Å². The van der Waals surface area contributed by atoms with Crippen molar-refractivity contribution in [2.45, 2.75) is 13.6 Å². The van der Waals surface area contributed by atoms with Gasteiger partial charge in [-0.2, -0.15) is 0 Å². The summed E-state index contributed by atoms with van der Waals surface area (Å²) in [5.74, 6) is 0.181. The number of aromatic nitrogens is 2. The molecule has 0 saturated carbocycles. The second kappa shape index (κ2) is 7.26. The maximum Gasteiger partial charge on any atom is 0.143 e. The van der Waals surface area contributed by atoms with Gasteiger partial charge in [0, 0.05) is 9.13 Å². The molecular formula is C21H16F2IN3. The number of para-hydroxylation sites is 1. The summed E-state index contributed by atoms with van der Waals surface area (Å²) in [6, 6.07) is 17.7. The summed E-state index contributed by atoms with van der Waals surface area (Å²) in [6.45, 7) is 1.34. The first-order valence-corrected chi connectivity index (χ1v) is 9.51. The molecule has 0 saturated heterocycles. The van der Waals surface area contributed by atoms with Crippen molar-refractivity contribution in [1.29, 1.82) is 0 Å². The normalized spacial score (nSPS) is 11.1. The third kappa shape index (κ3) is 3.18. The Balaban J connectivity index is 2.02. The standard InChI is InChI=1S/C21H16F2IN3/c1-13-6-4-10-17(24)19(13)26-21-20(15-8-2-3-9-16(15)23)25-18-11-5-7-14(12-22)27(18)21/h2-11,26H,12H2,1H3. The molecule has 0 aliphatic carbocycles. The molecule has 0 aliphatic heterocycles. The minimum atomic E-state index is -0.649. The van der Waals surface area contributed by atoms with E-state index >= 15 is 0 Å². The third-order valence-corrected chi connectivity index (χ3v) is 5.35. The van der Waals surface area contributed by atoms with E-state index in [-0.39, 0.29) is 5.82 Å². The van der Waals surface area contributed by atoms with E-state index in [1.807, 2.05) is 25.1 Å². The van der Waals surface area contributed by atoms with Gasteiger partial charge in [0.2, 0.25) is 0 Å². The van der Waals surface area contributed by atoms with E-state index in [1.54, 1.807) is 40.8 Å². The number of nitrogens with one attached hydrogen (secondary N) is 1. The van der Waals surface area contributed by atoms with Gasteiger partial charge in [-0.15, -0.1) is 0 Å². The first kappa shape index (κ1) is 17.9. The van der Waals surface area contributed by atoms with E-state index < -0.39 is 6.67 Å². The molecule has 136 valence electrons. The van der Waals surface area contributed by atoms with Crippen molar-refractivity contribution in [1.82, 2.24) is 9.38 Å². The van der Waals surface area contributed by atoms with Crippen LogP contribution >= 0.6 is 22.6 Å². The molecule has 2 aromatic carbocycles. The highest BCUT2D eigenvalue weighted by Crippen LogP contribution is 2.35. The number of benzene rings is 2. The molecule has 27 heavy (non-hydrogen) atoms. The monoisotopic (exact) mass is 475 g/mol. The average Bonchev–Trinajstić information content (AvgIpc) is 3.03. The van der Waals surface area contributed by atoms with Crippen LogP contribution in [-0.4, -0.2) is 9.38 Å². The van der Waals surface area contributed by atoms with E-state index in [4.69, 9.17) is 0 Å². The average molecular weight is 475 g/mol. The molecule has 0 radical (unpaired) electrons. The molecule has 2 heterocycles. The largest absolute Gasteiger partial charge is 0.338 e. The molecule has 0 aliphatic rings. The first-order valence-electron chi connectivity index (χ1n) is 8.43. The number of halogens is 3. The summed E-state index contributed by atoms with van der Waals surface area (Å²) in [7, 11) is 0. The molecule has 3 nitrogen and oxygen atoms in total. The SMILES string of the molecule is Cc1cccc(I)c1Nc1c(-c2ccccc2F)nc2cccc(CF)n12. The quantitative estimate of drug-likeness (QED) is 0.353. The van der Waals surface area contributed by atoms with Crippen LogP contribution in [-0.2, 0) is 6.67 Å². The van der Waals surface area contributed by atoms with Crippen LogP contribution in [0.15, 0.2) is 60.7 Å². The Morgan fingerprint density at radius 2 is 1.81 bits per heavy atom. The summed E-state index contributed by atoms with van der Waals surface area (Å²) < 4.78 is 30.9. The predicted octanol–water partition coefficient (Wildman–Crippen LogP) is 6.27. The van der Waals surface area contributed by atoms with Crippen LogP contribution in [0.25, 0.3) is 16.9 Å². The molecule has 0 atom stereocenters. The van der Waals surface area contributed by atoms with Crippen LogP contribution in [0.5, 0.6) is 0 Å². The van der Waals surface area contributed by atoms with E-state index in [0.717, 1.165) is 14.8 Å². The van der Waals surface area contributed by atoms with Crippen LogP contribution in [0.2, 0.25) is 0 Å². The lowest BCUT2D eigenvalue weighted by Crippen LogP contribution is -2.03. The second-order valence-electron chi connectivity index (χ2n) is 6.19. The van der Waals surface area contributed by atoms with E-state index in [9.17, 15) is 8.78 Å². The van der Waals surface area contributed by atoms with Crippen molar-refractivity contribution in [2.75, 3.05) is 5.32 Å². The zero-order valence-corrected chi connectivity index (χ0v) is 16.7. The number of rotatable bonds is 4. The maximum atomic E-state index is 14.5. The second-order valence-corrected chi connectivity index (χ2v) is 7.35. The molecule has 4 rings (SSSR count). The van der Waals surface area contributed by atoms with Crippen molar-refractivity contribution in [3.63, 3.8) is 0 Å². The number of pyridine rings is 1. The lowest BCUT2D eigenvalue weighted by Gasteiger charge is -2.14. The molecule has 2 aromatic heterocycles. The van der Waals surface area contributed by atoms with E-state index in [2.05, 4.69) is 32.9 Å². The predicted molar refractivity (Wildman–Crippen MR) is 113 cm³/mol. The topological polar surface area (TPSA) is 29.3 Å². The highest BCUT2D eigenvalue weighted by atomic mass is 127. The van der Waals surface area contributed by atoms with Crippen LogP contribution in [0, 0.1) is 16.3 Å². The number of fused-ring (bicyclic) bond motifs is 1. The lowest BCUT2D eigenvalue weighted by molar-refractivity contribution is 0.473. The van der Waals surface area contributed by atoms with Crippen molar-refractivity contribution in [3.8, 4) is 11.3 Å². The van der Waals surface area contributed by atoms with Crippen LogP contribution in [0.4, 0.5) is 20.3 Å². The fourth-order valence-corrected chi connectivity index (χ4v) is 3.90. The molecule has 0 fully saturated rings. The minimum absolute atomic E-state index is 0.370. The van der Waals surface area contributed by atoms with Crippen molar-refractivity contribution >= 4 is 39.7 Å². The Morgan fingerprint density at radius 1 is 1.04 bits per heavy atom. The van der Waals surface area contributed by atoms with Crippen molar-refractivity contribution < 1.29 is 8.78 Å². The van der Waals surface area contributed by atoms with Gasteiger partial charge in [0.05, 0.1) is 11.4 Å². The zero-order valence-electron chi connectivity index (χ0n) is 14.5. The summed E-state index contributed by atoms with van der Waals surface area (Å²) in [4.78, 5) is 4.60. The Labute approximate surface area is 169 Å². The number of alkyl halides is 1. The van der Waals surface area contributed by atoms with Gasteiger partial charge < -0.3 is 5.32 Å². The number of imidazole rings is 1. The van der Waals surface area contributed by atoms with Crippen molar-refractivity contribution in [2.24, 2.45) is 0 Å². The van der Waals surface area contributed by atoms with Gasteiger partial charge in [-0.3, -0.25) is 4.40 Å². The van der Waals surface area contributed by atoms with Gasteiger partial charge in [0.1, 0.15) is 29.7 Å². The maximum absolute atomic E-state index is 14.5. The number of hydrogen-bond donors (Lipinski definition) is 1. The molecule has 0 spiro atoms. The third-order valence-electron chi connectivity index (χ3n) is 4.46. The lowest BCUT2D eigenvalue weighted by atomic mass is 10.1. The Hall–Kier alpha value is -2.48. The molecule has 0 amide bonds. The molecular weight excluding hydrogens is 459 g/mol. The van der Waals surface area contributed by atoms with Gasteiger partial charge >= 0.3 is 0 Å². The highest BCUT2D eigenvalue weighted by Gasteiger charge is 2.20. The number of nitrogens with zero attached hydrogens (tertiary/aromatic N) is 2. The van der Waals surface area contributed by atoms with Crippen molar-refractivity contribution in [3.05, 3.63) is 81.3 Å². The van der Waals surface area contributed by atoms with Gasteiger partial charge in [-0.05, 0) is 65.4 Å². The number of anilines is 2. The summed E-state index contributed by atoms with van der Waals surface area (Å²) in [5, 5.41) is 3.39. The number of aryl methyl sites for hydroxylation is 1. The van der Waals surface area contributed by atoms with Gasteiger partial charge in [0.15, 0.2) is 0 Å². The molecule has 1 N–H and O–H groups in total. The molecule has 0 unspecified atom stereocenters. The van der Waals surface area contributed by atoms with Gasteiger partial charge in [-0.1, -0.05) is 30.3 Å². The molecule has 0 bridgehead atoms. The fraction of sp³-hybridized carbons (Fsp3) is 0.0952. The number of hydrogen-bond acceptors (Lipinski definition) is 2. The smallest absolute Gasteiger partial charge is 0.143 e. The summed E-state index contributed by atoms with van der Waals surface area (Å²) in [6.07, 6.45) is 0. The Kier molecular flexibility index (Phi) is 4.82. The Morgan fingerprint density at radius 3 is 2.56 bits per heavy atom. The van der Waals surface area contributed by atoms with E-state index in [1.165, 1.54) is 6.07 Å². The van der Waals surface area contributed by atoms with Crippen LogP contribution in [0.1, 0.15) is 11.3 Å². The first-order chi connectivity index (χ1) is 13.1. The molecule has 4 aromatic rings. The summed E-state index contributed by atoms with van der Waals surface area (Å²) in [5.41, 5.74) is 3.77. The van der Waals surface area contributed by atoms with E-state index in [0.29, 0.717) is 28.4 Å². The summed E-state index contributed by atoms with van der Waals surface area (Å²) >= 11 is 2.25. The minimum Gasteiger partial charge on any atom is -0.338 e. The van der Waals surface area contributed by atoms with Crippen LogP contribution < -0.4 is 5.32 Å². The highest BCUT2D eigenvalue weighted by molar-refractivity contribution is 14.1. The van der Waals surface area contributed by atoms with Gasteiger partial charge in [-0.25, -0.2) is 13.8 Å². The zero-order chi connectivity index (χ0) is 19.0. The molecule has 6 heteroatoms. The Bertz CT molecular complexity index is 1120. The van der Waals surface area contributed by atoms with Crippen LogP contribution in [0.3, 0.4) is 0 Å².